The van der Waals surface area contributed by atoms with E-state index in [1.54, 1.807) is 23.1 Å². The number of benzene rings is 3. The number of hydrogen-bond donors (Lipinski definition) is 1. The Balaban J connectivity index is 1.56. The number of aryl methyl sites for hydroxylation is 1. The summed E-state index contributed by atoms with van der Waals surface area (Å²) >= 11 is 0. The van der Waals surface area contributed by atoms with Gasteiger partial charge in [-0.05, 0) is 43.5 Å². The van der Waals surface area contributed by atoms with Crippen LogP contribution < -0.4 is 19.1 Å². The van der Waals surface area contributed by atoms with Crippen LogP contribution in [0.15, 0.2) is 72.8 Å². The zero-order valence-electron chi connectivity index (χ0n) is 24.4. The van der Waals surface area contributed by atoms with Gasteiger partial charge in [0.2, 0.25) is 21.8 Å². The van der Waals surface area contributed by atoms with Crippen molar-refractivity contribution in [2.45, 2.75) is 45.7 Å². The molecule has 0 saturated heterocycles. The number of amides is 2. The number of carbonyl (C=O) groups is 2. The van der Waals surface area contributed by atoms with Gasteiger partial charge in [0.1, 0.15) is 19.3 Å². The highest BCUT2D eigenvalue weighted by molar-refractivity contribution is 7.92. The maximum atomic E-state index is 13.9. The number of sulfonamides is 1. The SMILES string of the molecule is CCNC(=O)C(Cc1ccccc1)N(Cc1cccc(C)c1)C(=O)CCCN(c1ccc2c(c1)OCCO2)S(C)(=O)=O. The van der Waals surface area contributed by atoms with Crippen LogP contribution in [0.1, 0.15) is 36.5 Å². The van der Waals surface area contributed by atoms with Crippen LogP contribution in [-0.2, 0) is 32.6 Å². The van der Waals surface area contributed by atoms with Crippen LogP contribution >= 0.6 is 0 Å². The average molecular weight is 594 g/mol. The van der Waals surface area contributed by atoms with Crippen LogP contribution in [0.4, 0.5) is 5.69 Å². The fourth-order valence-corrected chi connectivity index (χ4v) is 6.00. The van der Waals surface area contributed by atoms with E-state index in [1.807, 2.05) is 68.4 Å². The van der Waals surface area contributed by atoms with Gasteiger partial charge in [0.15, 0.2) is 11.5 Å². The third-order valence-electron chi connectivity index (χ3n) is 7.02. The average Bonchev–Trinajstić information content (AvgIpc) is 2.97. The van der Waals surface area contributed by atoms with Gasteiger partial charge < -0.3 is 19.7 Å². The van der Waals surface area contributed by atoms with Gasteiger partial charge in [0.05, 0.1) is 11.9 Å². The molecule has 1 heterocycles. The van der Waals surface area contributed by atoms with E-state index in [-0.39, 0.29) is 37.7 Å². The van der Waals surface area contributed by atoms with Gasteiger partial charge in [-0.15, -0.1) is 0 Å². The summed E-state index contributed by atoms with van der Waals surface area (Å²) in [6, 6.07) is 21.8. The van der Waals surface area contributed by atoms with Gasteiger partial charge >= 0.3 is 0 Å². The van der Waals surface area contributed by atoms with Crippen LogP contribution in [0, 0.1) is 6.92 Å². The molecule has 0 bridgehead atoms. The summed E-state index contributed by atoms with van der Waals surface area (Å²) in [5.74, 6) is 0.601. The molecular formula is C32H39N3O6S. The Labute approximate surface area is 248 Å². The number of hydrogen-bond acceptors (Lipinski definition) is 6. The van der Waals surface area contributed by atoms with E-state index in [9.17, 15) is 18.0 Å². The molecule has 9 nitrogen and oxygen atoms in total. The van der Waals surface area contributed by atoms with E-state index in [0.29, 0.717) is 43.4 Å². The second-order valence-corrected chi connectivity index (χ2v) is 12.3. The zero-order chi connectivity index (χ0) is 30.1. The van der Waals surface area contributed by atoms with Crippen molar-refractivity contribution in [2.24, 2.45) is 0 Å². The lowest BCUT2D eigenvalue weighted by molar-refractivity contribution is -0.141. The molecule has 1 aliphatic heterocycles. The van der Waals surface area contributed by atoms with Crippen LogP contribution in [0.5, 0.6) is 11.5 Å². The van der Waals surface area contributed by atoms with Crippen LogP contribution in [-0.4, -0.2) is 63.7 Å². The molecule has 224 valence electrons. The van der Waals surface area contributed by atoms with E-state index in [2.05, 4.69) is 5.32 Å². The van der Waals surface area contributed by atoms with Crippen molar-refractivity contribution in [2.75, 3.05) is 36.9 Å². The molecule has 42 heavy (non-hydrogen) atoms. The quantitative estimate of drug-likeness (QED) is 0.320. The first kappa shape index (κ1) is 30.9. The monoisotopic (exact) mass is 593 g/mol. The maximum absolute atomic E-state index is 13.9. The Morgan fingerprint density at radius 3 is 2.33 bits per heavy atom. The van der Waals surface area contributed by atoms with Gasteiger partial charge in [0, 0.05) is 38.5 Å². The first-order chi connectivity index (χ1) is 20.2. The molecule has 2 amide bonds. The van der Waals surface area contributed by atoms with Gasteiger partial charge in [-0.25, -0.2) is 8.42 Å². The fraction of sp³-hybridized carbons (Fsp3) is 0.375. The molecule has 3 aromatic rings. The second-order valence-electron chi connectivity index (χ2n) is 10.4. The minimum Gasteiger partial charge on any atom is -0.486 e. The normalized spacial score (nSPS) is 13.2. The molecule has 0 radical (unpaired) electrons. The maximum Gasteiger partial charge on any atom is 0.243 e. The number of nitrogens with zero attached hydrogens (tertiary/aromatic N) is 2. The molecule has 0 aromatic heterocycles. The molecule has 1 atom stereocenters. The summed E-state index contributed by atoms with van der Waals surface area (Å²) in [5, 5.41) is 2.90. The molecule has 10 heteroatoms. The van der Waals surface area contributed by atoms with E-state index >= 15 is 0 Å². The lowest BCUT2D eigenvalue weighted by atomic mass is 10.0. The highest BCUT2D eigenvalue weighted by atomic mass is 32.2. The summed E-state index contributed by atoms with van der Waals surface area (Å²) < 4.78 is 38.0. The Bertz CT molecular complexity index is 1480. The van der Waals surface area contributed by atoms with E-state index in [4.69, 9.17) is 9.47 Å². The number of ether oxygens (including phenoxy) is 2. The van der Waals surface area contributed by atoms with Crippen molar-refractivity contribution in [1.29, 1.82) is 0 Å². The van der Waals surface area contributed by atoms with Gasteiger partial charge in [-0.2, -0.15) is 0 Å². The molecular weight excluding hydrogens is 554 g/mol. The Morgan fingerprint density at radius 1 is 0.929 bits per heavy atom. The third kappa shape index (κ3) is 8.25. The number of rotatable bonds is 13. The van der Waals surface area contributed by atoms with E-state index < -0.39 is 16.1 Å². The Morgan fingerprint density at radius 2 is 1.64 bits per heavy atom. The van der Waals surface area contributed by atoms with Crippen molar-refractivity contribution in [1.82, 2.24) is 10.2 Å². The number of nitrogens with one attached hydrogen (secondary N) is 1. The number of carbonyl (C=O) groups excluding carboxylic acids is 2. The zero-order valence-corrected chi connectivity index (χ0v) is 25.2. The highest BCUT2D eigenvalue weighted by Crippen LogP contribution is 2.34. The van der Waals surface area contributed by atoms with Gasteiger partial charge in [-0.3, -0.25) is 13.9 Å². The molecule has 0 aliphatic carbocycles. The third-order valence-corrected chi connectivity index (χ3v) is 8.22. The summed E-state index contributed by atoms with van der Waals surface area (Å²) in [6.45, 7) is 5.44. The summed E-state index contributed by atoms with van der Waals surface area (Å²) in [6.07, 6.45) is 1.82. The fourth-order valence-electron chi connectivity index (χ4n) is 5.04. The van der Waals surface area contributed by atoms with E-state index in [0.717, 1.165) is 22.9 Å². The van der Waals surface area contributed by atoms with E-state index in [1.165, 1.54) is 4.31 Å². The molecule has 4 rings (SSSR count). The lowest BCUT2D eigenvalue weighted by Gasteiger charge is -2.32. The molecule has 1 unspecified atom stereocenters. The Hall–Kier alpha value is -4.05. The molecule has 1 aliphatic rings. The minimum absolute atomic E-state index is 0.0626. The predicted molar refractivity (Wildman–Crippen MR) is 163 cm³/mol. The minimum atomic E-state index is -3.65. The molecule has 1 N–H and O–H groups in total. The van der Waals surface area contributed by atoms with Crippen molar-refractivity contribution >= 4 is 27.5 Å². The molecule has 0 spiro atoms. The predicted octanol–water partition coefficient (Wildman–Crippen LogP) is 4.09. The number of anilines is 1. The van der Waals surface area contributed by atoms with Crippen molar-refractivity contribution in [3.63, 3.8) is 0 Å². The Kier molecular flexibility index (Phi) is 10.5. The summed E-state index contributed by atoms with van der Waals surface area (Å²) in [7, 11) is -3.65. The largest absolute Gasteiger partial charge is 0.486 e. The van der Waals surface area contributed by atoms with Crippen LogP contribution in [0.2, 0.25) is 0 Å². The first-order valence-electron chi connectivity index (χ1n) is 14.2. The smallest absolute Gasteiger partial charge is 0.243 e. The standard InChI is InChI=1S/C32H39N3O6S/c1-4-33-32(37)28(21-25-11-6-5-7-12-25)34(23-26-13-8-10-24(2)20-26)31(36)14-9-17-35(42(3,38)39)27-15-16-29-30(22-27)41-19-18-40-29/h5-8,10-13,15-16,20,22,28H,4,9,14,17-19,21,23H2,1-3H3,(H,33,37). The van der Waals surface area contributed by atoms with Crippen molar-refractivity contribution < 1.29 is 27.5 Å². The number of fused-ring (bicyclic) bond motifs is 1. The molecule has 0 saturated carbocycles. The van der Waals surface area contributed by atoms with Crippen LogP contribution in [0.25, 0.3) is 0 Å². The van der Waals surface area contributed by atoms with Gasteiger partial charge in [0.25, 0.3) is 0 Å². The van der Waals surface area contributed by atoms with Crippen molar-refractivity contribution in [3.8, 4) is 11.5 Å². The molecule has 0 fully saturated rings. The highest BCUT2D eigenvalue weighted by Gasteiger charge is 2.30. The molecule has 3 aromatic carbocycles. The summed E-state index contributed by atoms with van der Waals surface area (Å²) in [5.41, 5.74) is 3.35. The second kappa shape index (κ2) is 14.2. The topological polar surface area (TPSA) is 105 Å². The summed E-state index contributed by atoms with van der Waals surface area (Å²) in [4.78, 5) is 28.9. The number of likely N-dealkylation sites (N-methyl/N-ethyl adjacent to an activating group) is 1. The van der Waals surface area contributed by atoms with Crippen LogP contribution in [0.3, 0.4) is 0 Å². The van der Waals surface area contributed by atoms with Crippen molar-refractivity contribution in [3.05, 3.63) is 89.5 Å². The first-order valence-corrected chi connectivity index (χ1v) is 16.0. The lowest BCUT2D eigenvalue weighted by Crippen LogP contribution is -2.50. The van der Waals surface area contributed by atoms with Gasteiger partial charge in [-0.1, -0.05) is 60.2 Å².